The molecule has 0 spiro atoms. The molecule has 2 aliphatic heterocycles. The molecule has 0 radical (unpaired) electrons. The summed E-state index contributed by atoms with van der Waals surface area (Å²) in [6.45, 7) is 12.4. The number of rotatable bonds is 6. The molecule has 1 aliphatic carbocycles. The molecule has 2 aromatic heterocycles. The Morgan fingerprint density at radius 3 is 2.50 bits per heavy atom. The number of pyridine rings is 1. The normalized spacial score (nSPS) is 20.5. The summed E-state index contributed by atoms with van der Waals surface area (Å²) >= 11 is 0. The molecule has 0 atom stereocenters. The van der Waals surface area contributed by atoms with Crippen LogP contribution in [-0.4, -0.2) is 60.3 Å². The first-order valence-corrected chi connectivity index (χ1v) is 14.3. The maximum Gasteiger partial charge on any atom is 0.332 e. The summed E-state index contributed by atoms with van der Waals surface area (Å²) in [5.41, 5.74) is 3.42. The van der Waals surface area contributed by atoms with Crippen LogP contribution < -0.4 is 4.90 Å². The number of amides is 3. The number of imidazole rings is 1. The van der Waals surface area contributed by atoms with Crippen molar-refractivity contribution in [3.63, 3.8) is 0 Å². The SMILES string of the molecule is CC(C)(C)[Si](C)(C)OCc1cn2cc(C3CC3)cc(N3CC(=O)N(C4COC4)C3=O)c2n1. The fourth-order valence-electron chi connectivity index (χ4n) is 3.97. The summed E-state index contributed by atoms with van der Waals surface area (Å²) in [4.78, 5) is 33.6. The predicted molar refractivity (Wildman–Crippen MR) is 123 cm³/mol. The molecule has 3 fully saturated rings. The second-order valence-electron chi connectivity index (χ2n) is 10.8. The number of anilines is 1. The van der Waals surface area contributed by atoms with Crippen molar-refractivity contribution in [1.29, 1.82) is 0 Å². The van der Waals surface area contributed by atoms with Gasteiger partial charge in [-0.2, -0.15) is 0 Å². The van der Waals surface area contributed by atoms with Crippen molar-refractivity contribution in [2.75, 3.05) is 24.7 Å². The van der Waals surface area contributed by atoms with E-state index in [2.05, 4.69) is 40.1 Å². The van der Waals surface area contributed by atoms with Gasteiger partial charge in [-0.15, -0.1) is 0 Å². The highest BCUT2D eigenvalue weighted by Crippen LogP contribution is 2.42. The van der Waals surface area contributed by atoms with Crippen molar-refractivity contribution in [1.82, 2.24) is 14.3 Å². The zero-order valence-corrected chi connectivity index (χ0v) is 20.6. The summed E-state index contributed by atoms with van der Waals surface area (Å²) in [5, 5.41) is 0.119. The van der Waals surface area contributed by atoms with E-state index >= 15 is 0 Å². The zero-order valence-electron chi connectivity index (χ0n) is 19.6. The smallest absolute Gasteiger partial charge is 0.332 e. The Balaban J connectivity index is 1.48. The lowest BCUT2D eigenvalue weighted by Crippen LogP contribution is -2.52. The fraction of sp³-hybridized carbons (Fsp3) is 0.609. The van der Waals surface area contributed by atoms with Gasteiger partial charge >= 0.3 is 6.03 Å². The fourth-order valence-corrected chi connectivity index (χ4v) is 4.91. The Bertz CT molecular complexity index is 1080. The van der Waals surface area contributed by atoms with Crippen LogP contribution in [0.4, 0.5) is 10.5 Å². The molecule has 3 aliphatic rings. The number of fused-ring (bicyclic) bond motifs is 1. The molecule has 0 aromatic carbocycles. The van der Waals surface area contributed by atoms with Crippen LogP contribution in [0.5, 0.6) is 0 Å². The quantitative estimate of drug-likeness (QED) is 0.487. The maximum atomic E-state index is 13.2. The predicted octanol–water partition coefficient (Wildman–Crippen LogP) is 3.90. The van der Waals surface area contributed by atoms with E-state index < -0.39 is 8.32 Å². The molecule has 1 saturated carbocycles. The van der Waals surface area contributed by atoms with Gasteiger partial charge in [-0.25, -0.2) is 9.78 Å². The van der Waals surface area contributed by atoms with Crippen molar-refractivity contribution in [2.24, 2.45) is 0 Å². The van der Waals surface area contributed by atoms with Crippen LogP contribution in [-0.2, 0) is 20.6 Å². The topological polar surface area (TPSA) is 76.4 Å². The minimum atomic E-state index is -1.91. The van der Waals surface area contributed by atoms with E-state index in [0.717, 1.165) is 18.5 Å². The average Bonchev–Trinajstić information content (AvgIpc) is 3.38. The number of ether oxygens (including phenoxy) is 1. The van der Waals surface area contributed by atoms with E-state index in [-0.39, 0.29) is 29.6 Å². The number of urea groups is 1. The molecule has 2 saturated heterocycles. The molecule has 8 nitrogen and oxygen atoms in total. The van der Waals surface area contributed by atoms with Crippen LogP contribution >= 0.6 is 0 Å². The van der Waals surface area contributed by atoms with Gasteiger partial charge in [0.15, 0.2) is 14.0 Å². The molecule has 32 heavy (non-hydrogen) atoms. The Morgan fingerprint density at radius 1 is 1.19 bits per heavy atom. The molecule has 2 aromatic rings. The first kappa shape index (κ1) is 21.6. The first-order valence-electron chi connectivity index (χ1n) is 11.4. The molecule has 3 amide bonds. The number of hydrogen-bond acceptors (Lipinski definition) is 5. The molecule has 5 rings (SSSR count). The summed E-state index contributed by atoms with van der Waals surface area (Å²) in [6.07, 6.45) is 6.41. The summed E-state index contributed by atoms with van der Waals surface area (Å²) < 4.78 is 13.6. The van der Waals surface area contributed by atoms with Gasteiger partial charge in [0.2, 0.25) is 0 Å². The van der Waals surface area contributed by atoms with Crippen LogP contribution in [0.3, 0.4) is 0 Å². The number of carbonyl (C=O) groups is 2. The maximum absolute atomic E-state index is 13.2. The van der Waals surface area contributed by atoms with E-state index in [0.29, 0.717) is 37.1 Å². The number of nitrogens with zero attached hydrogens (tertiary/aromatic N) is 4. The monoisotopic (exact) mass is 456 g/mol. The average molecular weight is 457 g/mol. The van der Waals surface area contributed by atoms with Gasteiger partial charge in [0, 0.05) is 12.4 Å². The van der Waals surface area contributed by atoms with Crippen molar-refractivity contribution in [3.8, 4) is 0 Å². The van der Waals surface area contributed by atoms with Gasteiger partial charge in [-0.1, -0.05) is 20.8 Å². The van der Waals surface area contributed by atoms with Gasteiger partial charge in [0.1, 0.15) is 6.54 Å². The molecular weight excluding hydrogens is 424 g/mol. The van der Waals surface area contributed by atoms with Gasteiger partial charge in [-0.05, 0) is 48.5 Å². The largest absolute Gasteiger partial charge is 0.411 e. The van der Waals surface area contributed by atoms with E-state index in [9.17, 15) is 9.59 Å². The number of carbonyl (C=O) groups excluding carboxylic acids is 2. The van der Waals surface area contributed by atoms with Crippen LogP contribution in [0.1, 0.15) is 50.8 Å². The molecule has 0 bridgehead atoms. The molecule has 0 unspecified atom stereocenters. The Labute approximate surface area is 189 Å². The molecular formula is C23H32N4O4Si. The minimum Gasteiger partial charge on any atom is -0.411 e. The van der Waals surface area contributed by atoms with E-state index in [1.54, 1.807) is 4.90 Å². The first-order chi connectivity index (χ1) is 15.0. The van der Waals surface area contributed by atoms with Gasteiger partial charge in [0.05, 0.1) is 37.2 Å². The Morgan fingerprint density at radius 2 is 1.91 bits per heavy atom. The summed E-state index contributed by atoms with van der Waals surface area (Å²) in [6, 6.07) is 1.61. The van der Waals surface area contributed by atoms with Crippen molar-refractivity contribution >= 4 is 31.6 Å². The van der Waals surface area contributed by atoms with Crippen LogP contribution in [0.25, 0.3) is 5.65 Å². The van der Waals surface area contributed by atoms with Gasteiger partial charge in [0.25, 0.3) is 5.91 Å². The molecule has 172 valence electrons. The zero-order chi connectivity index (χ0) is 22.8. The van der Waals surface area contributed by atoms with Crippen LogP contribution in [0, 0.1) is 0 Å². The number of imide groups is 1. The number of aromatic nitrogens is 2. The Kier molecular flexibility index (Phi) is 4.99. The minimum absolute atomic E-state index is 0.0434. The van der Waals surface area contributed by atoms with Crippen molar-refractivity contribution < 1.29 is 18.8 Å². The summed E-state index contributed by atoms with van der Waals surface area (Å²) in [5.74, 6) is 0.336. The molecule has 4 heterocycles. The van der Waals surface area contributed by atoms with E-state index in [1.165, 1.54) is 10.5 Å². The van der Waals surface area contributed by atoms with Crippen molar-refractivity contribution in [2.45, 2.75) is 70.3 Å². The van der Waals surface area contributed by atoms with Crippen molar-refractivity contribution in [3.05, 3.63) is 29.7 Å². The van der Waals surface area contributed by atoms with E-state index in [4.69, 9.17) is 14.1 Å². The molecule has 9 heteroatoms. The third-order valence-electron chi connectivity index (χ3n) is 7.31. The highest BCUT2D eigenvalue weighted by molar-refractivity contribution is 6.74. The third kappa shape index (κ3) is 3.66. The standard InChI is InChI=1S/C23H32N4O4Si/c1-23(2,3)32(4,5)31-12-17-10-25-9-16(15-6-7-15)8-19(21(25)24-17)26-11-20(28)27(22(26)29)18-13-30-14-18/h8-10,15,18H,6-7,11-14H2,1-5H3. The Hall–Kier alpha value is -2.23. The lowest BCUT2D eigenvalue weighted by atomic mass is 10.1. The molecule has 0 N–H and O–H groups in total. The van der Waals surface area contributed by atoms with Gasteiger partial charge < -0.3 is 13.6 Å². The second-order valence-corrected chi connectivity index (χ2v) is 15.6. The lowest BCUT2D eigenvalue weighted by molar-refractivity contribution is -0.134. The highest BCUT2D eigenvalue weighted by atomic mass is 28.4. The van der Waals surface area contributed by atoms with Crippen LogP contribution in [0.2, 0.25) is 18.1 Å². The number of hydrogen-bond donors (Lipinski definition) is 0. The second kappa shape index (κ2) is 7.39. The van der Waals surface area contributed by atoms with Crippen LogP contribution in [0.15, 0.2) is 18.5 Å². The van der Waals surface area contributed by atoms with E-state index in [1.807, 2.05) is 16.7 Å². The summed E-state index contributed by atoms with van der Waals surface area (Å²) in [7, 11) is -1.91. The highest BCUT2D eigenvalue weighted by Gasteiger charge is 2.45. The lowest BCUT2D eigenvalue weighted by Gasteiger charge is -2.35. The third-order valence-corrected chi connectivity index (χ3v) is 11.8. The van der Waals surface area contributed by atoms with Gasteiger partial charge in [-0.3, -0.25) is 14.6 Å².